The Balaban J connectivity index is 1.95. The van der Waals surface area contributed by atoms with Gasteiger partial charge in [-0.25, -0.2) is 4.98 Å². The number of benzene rings is 1. The molecule has 0 aliphatic heterocycles. The summed E-state index contributed by atoms with van der Waals surface area (Å²) in [7, 11) is 0. The molecule has 0 atom stereocenters. The number of nitrogens with zero attached hydrogens (tertiary/aromatic N) is 1. The number of halogens is 1. The van der Waals surface area contributed by atoms with Crippen molar-refractivity contribution in [2.75, 3.05) is 0 Å². The average molecular weight is 326 g/mol. The van der Waals surface area contributed by atoms with Crippen LogP contribution in [0, 0.1) is 6.92 Å². The quantitative estimate of drug-likeness (QED) is 0.791. The summed E-state index contributed by atoms with van der Waals surface area (Å²) in [6, 6.07) is 6.01. The van der Waals surface area contributed by atoms with Crippen molar-refractivity contribution in [1.82, 2.24) is 4.98 Å². The Bertz CT molecular complexity index is 524. The lowest BCUT2D eigenvalue weighted by Gasteiger charge is -2.06. The molecule has 0 spiro atoms. The average Bonchev–Trinajstić information content (AvgIpc) is 2.79. The number of rotatable bonds is 5. The number of hydrogen-bond donors (Lipinski definition) is 0. The van der Waals surface area contributed by atoms with Crippen LogP contribution >= 0.6 is 27.3 Å². The molecule has 0 saturated carbocycles. The van der Waals surface area contributed by atoms with Crippen LogP contribution in [-0.2, 0) is 13.0 Å². The first-order chi connectivity index (χ1) is 8.69. The molecule has 0 radical (unpaired) electrons. The van der Waals surface area contributed by atoms with E-state index in [1.54, 1.807) is 11.3 Å². The molecule has 2 aromatic rings. The van der Waals surface area contributed by atoms with Crippen molar-refractivity contribution in [3.05, 3.63) is 44.3 Å². The Morgan fingerprint density at radius 1 is 1.39 bits per heavy atom. The van der Waals surface area contributed by atoms with Gasteiger partial charge in [-0.1, -0.05) is 22.9 Å². The van der Waals surface area contributed by atoms with Crippen molar-refractivity contribution in [3.63, 3.8) is 0 Å². The van der Waals surface area contributed by atoms with Gasteiger partial charge in [0, 0.05) is 9.85 Å². The number of thiazole rings is 1. The van der Waals surface area contributed by atoms with Gasteiger partial charge in [0.05, 0.1) is 10.7 Å². The maximum Gasteiger partial charge on any atom is 0.131 e. The van der Waals surface area contributed by atoms with E-state index in [1.807, 2.05) is 18.2 Å². The highest BCUT2D eigenvalue weighted by Gasteiger charge is 2.03. The molecule has 0 saturated heterocycles. The molecule has 0 unspecified atom stereocenters. The van der Waals surface area contributed by atoms with Crippen LogP contribution in [0.15, 0.2) is 28.1 Å². The smallest absolute Gasteiger partial charge is 0.131 e. The van der Waals surface area contributed by atoms with E-state index in [2.05, 4.69) is 40.1 Å². The highest BCUT2D eigenvalue weighted by Crippen LogP contribution is 2.22. The molecule has 0 aliphatic rings. The van der Waals surface area contributed by atoms with Crippen molar-refractivity contribution >= 4 is 27.3 Å². The molecule has 0 fully saturated rings. The van der Waals surface area contributed by atoms with Gasteiger partial charge in [-0.2, -0.15) is 0 Å². The fourth-order valence-corrected chi connectivity index (χ4v) is 2.74. The first-order valence-electron chi connectivity index (χ1n) is 6.01. The van der Waals surface area contributed by atoms with Crippen LogP contribution in [0.4, 0.5) is 0 Å². The van der Waals surface area contributed by atoms with Crippen LogP contribution in [0.1, 0.15) is 29.6 Å². The molecule has 0 N–H and O–H groups in total. The van der Waals surface area contributed by atoms with Gasteiger partial charge < -0.3 is 4.74 Å². The molecule has 96 valence electrons. The molecular weight excluding hydrogens is 310 g/mol. The third-order valence-electron chi connectivity index (χ3n) is 2.58. The van der Waals surface area contributed by atoms with Crippen molar-refractivity contribution in [2.45, 2.75) is 33.3 Å². The van der Waals surface area contributed by atoms with Crippen LogP contribution in [-0.4, -0.2) is 4.98 Å². The summed E-state index contributed by atoms with van der Waals surface area (Å²) in [6.45, 7) is 4.77. The Labute approximate surface area is 120 Å². The summed E-state index contributed by atoms with van der Waals surface area (Å²) in [4.78, 5) is 4.54. The number of aryl methyl sites for hydroxylation is 2. The van der Waals surface area contributed by atoms with Crippen molar-refractivity contribution in [1.29, 1.82) is 0 Å². The third-order valence-corrected chi connectivity index (χ3v) is 4.43. The molecular formula is C14H16BrNOS. The van der Waals surface area contributed by atoms with Crippen molar-refractivity contribution in [2.24, 2.45) is 0 Å². The maximum atomic E-state index is 5.74. The topological polar surface area (TPSA) is 22.1 Å². The normalized spacial score (nSPS) is 10.6. The maximum absolute atomic E-state index is 5.74. The molecule has 2 rings (SSSR count). The molecule has 0 bridgehead atoms. The van der Waals surface area contributed by atoms with Crippen LogP contribution < -0.4 is 4.74 Å². The summed E-state index contributed by atoms with van der Waals surface area (Å²) in [6.07, 6.45) is 2.20. The fourth-order valence-electron chi connectivity index (χ4n) is 1.61. The lowest BCUT2D eigenvalue weighted by atomic mass is 10.2. The zero-order valence-corrected chi connectivity index (χ0v) is 13.0. The van der Waals surface area contributed by atoms with Gasteiger partial charge in [0.25, 0.3) is 0 Å². The second-order valence-electron chi connectivity index (χ2n) is 4.18. The zero-order valence-electron chi connectivity index (χ0n) is 10.6. The lowest BCUT2D eigenvalue weighted by Crippen LogP contribution is -1.96. The van der Waals surface area contributed by atoms with Gasteiger partial charge in [-0.05, 0) is 43.5 Å². The predicted octanol–water partition coefficient (Wildman–Crippen LogP) is 4.75. The van der Waals surface area contributed by atoms with Crippen molar-refractivity contribution in [3.8, 4) is 5.75 Å². The van der Waals surface area contributed by atoms with Gasteiger partial charge in [0.15, 0.2) is 0 Å². The molecule has 1 aromatic carbocycles. The van der Waals surface area contributed by atoms with Crippen LogP contribution in [0.5, 0.6) is 5.75 Å². The first-order valence-corrected chi connectivity index (χ1v) is 7.68. The Hall–Kier alpha value is -0.870. The molecule has 18 heavy (non-hydrogen) atoms. The molecule has 0 amide bonds. The standard InChI is InChI=1S/C14H16BrNOS/c1-3-4-14-16-11(9-18-14)8-17-12-5-6-13(15)10(2)7-12/h5-7,9H,3-4,8H2,1-2H3. The van der Waals surface area contributed by atoms with Crippen LogP contribution in [0.2, 0.25) is 0 Å². The van der Waals surface area contributed by atoms with Gasteiger partial charge in [0.2, 0.25) is 0 Å². The van der Waals surface area contributed by atoms with E-state index in [-0.39, 0.29) is 0 Å². The summed E-state index contributed by atoms with van der Waals surface area (Å²) >= 11 is 5.20. The lowest BCUT2D eigenvalue weighted by molar-refractivity contribution is 0.301. The predicted molar refractivity (Wildman–Crippen MR) is 79.3 cm³/mol. The summed E-state index contributed by atoms with van der Waals surface area (Å²) in [5, 5.41) is 3.28. The number of ether oxygens (including phenoxy) is 1. The second kappa shape index (κ2) is 6.34. The van der Waals surface area contributed by atoms with E-state index in [0.29, 0.717) is 6.61 Å². The molecule has 0 aliphatic carbocycles. The molecule has 4 heteroatoms. The van der Waals surface area contributed by atoms with Crippen molar-refractivity contribution < 1.29 is 4.74 Å². The van der Waals surface area contributed by atoms with E-state index >= 15 is 0 Å². The minimum absolute atomic E-state index is 0.543. The number of aromatic nitrogens is 1. The molecule has 1 aromatic heterocycles. The first kappa shape index (κ1) is 13.6. The minimum atomic E-state index is 0.543. The second-order valence-corrected chi connectivity index (χ2v) is 5.98. The number of hydrogen-bond acceptors (Lipinski definition) is 3. The highest BCUT2D eigenvalue weighted by atomic mass is 79.9. The summed E-state index contributed by atoms with van der Waals surface area (Å²) in [5.74, 6) is 0.890. The molecule has 2 nitrogen and oxygen atoms in total. The van der Waals surface area contributed by atoms with Crippen LogP contribution in [0.25, 0.3) is 0 Å². The Kier molecular flexibility index (Phi) is 4.78. The summed E-state index contributed by atoms with van der Waals surface area (Å²) in [5.41, 5.74) is 2.20. The van der Waals surface area contributed by atoms with E-state index in [9.17, 15) is 0 Å². The monoisotopic (exact) mass is 325 g/mol. The zero-order chi connectivity index (χ0) is 13.0. The molecule has 1 heterocycles. The SMILES string of the molecule is CCCc1nc(COc2ccc(Br)c(C)c2)cs1. The van der Waals surface area contributed by atoms with Gasteiger partial charge >= 0.3 is 0 Å². The van der Waals surface area contributed by atoms with E-state index in [1.165, 1.54) is 10.6 Å². The minimum Gasteiger partial charge on any atom is -0.487 e. The summed E-state index contributed by atoms with van der Waals surface area (Å²) < 4.78 is 6.85. The highest BCUT2D eigenvalue weighted by molar-refractivity contribution is 9.10. The van der Waals surface area contributed by atoms with E-state index < -0.39 is 0 Å². The van der Waals surface area contributed by atoms with Gasteiger partial charge in [-0.15, -0.1) is 11.3 Å². The van der Waals surface area contributed by atoms with E-state index in [4.69, 9.17) is 4.74 Å². The van der Waals surface area contributed by atoms with Crippen LogP contribution in [0.3, 0.4) is 0 Å². The van der Waals surface area contributed by atoms with Gasteiger partial charge in [-0.3, -0.25) is 0 Å². The van der Waals surface area contributed by atoms with Gasteiger partial charge in [0.1, 0.15) is 12.4 Å². The Morgan fingerprint density at radius 2 is 2.22 bits per heavy atom. The largest absolute Gasteiger partial charge is 0.487 e. The Morgan fingerprint density at radius 3 is 2.94 bits per heavy atom. The van der Waals surface area contributed by atoms with E-state index in [0.717, 1.165) is 28.8 Å². The third kappa shape index (κ3) is 3.56. The fraction of sp³-hybridized carbons (Fsp3) is 0.357.